The van der Waals surface area contributed by atoms with E-state index in [1.54, 1.807) is 0 Å². The smallest absolute Gasteiger partial charge is 0.264 e. The van der Waals surface area contributed by atoms with Crippen molar-refractivity contribution in [3.63, 3.8) is 0 Å². The number of nitrogens with zero attached hydrogens (tertiary/aromatic N) is 3. The molecule has 6 nitrogen and oxygen atoms in total. The predicted octanol–water partition coefficient (Wildman–Crippen LogP) is 2.54. The summed E-state index contributed by atoms with van der Waals surface area (Å²) >= 11 is 0. The maximum atomic E-state index is 12.4. The molecule has 1 saturated carbocycles. The highest BCUT2D eigenvalue weighted by atomic mass is 16.6. The van der Waals surface area contributed by atoms with Crippen molar-refractivity contribution in [1.29, 1.82) is 0 Å². The number of oxime groups is 1. The molecule has 0 spiro atoms. The van der Waals surface area contributed by atoms with Crippen molar-refractivity contribution in [1.82, 2.24) is 15.1 Å². The van der Waals surface area contributed by atoms with Gasteiger partial charge in [-0.3, -0.25) is 9.48 Å². The summed E-state index contributed by atoms with van der Waals surface area (Å²) in [4.78, 5) is 17.8. The molecule has 23 heavy (non-hydrogen) atoms. The molecule has 0 radical (unpaired) electrons. The van der Waals surface area contributed by atoms with Crippen LogP contribution in [-0.2, 0) is 16.2 Å². The average Bonchev–Trinajstić information content (AvgIpc) is 3.08. The standard InChI is InChI=1S/C17H26N4O2/c1-3-21-11-14(12(2)19-21)15-10-16(23-20-15)17(22)18-13-8-6-4-5-7-9-13/h11,13,16H,3-10H2,1-2H3,(H,18,22). The van der Waals surface area contributed by atoms with E-state index in [0.29, 0.717) is 12.5 Å². The van der Waals surface area contributed by atoms with E-state index >= 15 is 0 Å². The zero-order valence-electron chi connectivity index (χ0n) is 14.0. The molecule has 0 saturated heterocycles. The maximum absolute atomic E-state index is 12.4. The fraction of sp³-hybridized carbons (Fsp3) is 0.706. The summed E-state index contributed by atoms with van der Waals surface area (Å²) in [6, 6.07) is 0.294. The Kier molecular flexibility index (Phi) is 4.98. The van der Waals surface area contributed by atoms with Crippen LogP contribution in [0.4, 0.5) is 0 Å². The van der Waals surface area contributed by atoms with Crippen LogP contribution >= 0.6 is 0 Å². The molecule has 1 unspecified atom stereocenters. The second kappa shape index (κ2) is 7.15. The molecule has 0 bridgehead atoms. The number of nitrogens with one attached hydrogen (secondary N) is 1. The van der Waals surface area contributed by atoms with Gasteiger partial charge in [-0.2, -0.15) is 5.10 Å². The number of hydrogen-bond donors (Lipinski definition) is 1. The van der Waals surface area contributed by atoms with Crippen LogP contribution in [0, 0.1) is 6.92 Å². The average molecular weight is 318 g/mol. The van der Waals surface area contributed by atoms with Crippen molar-refractivity contribution in [2.24, 2.45) is 5.16 Å². The molecule has 1 atom stereocenters. The Bertz CT molecular complexity index is 585. The highest BCUT2D eigenvalue weighted by Gasteiger charge is 2.31. The fourth-order valence-electron chi connectivity index (χ4n) is 3.36. The molecular formula is C17H26N4O2. The van der Waals surface area contributed by atoms with Gasteiger partial charge < -0.3 is 10.2 Å². The summed E-state index contributed by atoms with van der Waals surface area (Å²) in [5.74, 6) is -0.0313. The Morgan fingerprint density at radius 1 is 1.35 bits per heavy atom. The minimum atomic E-state index is -0.502. The Morgan fingerprint density at radius 2 is 2.09 bits per heavy atom. The summed E-state index contributed by atoms with van der Waals surface area (Å²) in [6.45, 7) is 4.83. The Labute approximate surface area is 137 Å². The monoisotopic (exact) mass is 318 g/mol. The van der Waals surface area contributed by atoms with Gasteiger partial charge in [0.2, 0.25) is 6.10 Å². The molecule has 1 N–H and O–H groups in total. The minimum Gasteiger partial charge on any atom is -0.382 e. The largest absolute Gasteiger partial charge is 0.382 e. The lowest BCUT2D eigenvalue weighted by atomic mass is 10.0. The number of aryl methyl sites for hydroxylation is 2. The van der Waals surface area contributed by atoms with Gasteiger partial charge in [-0.25, -0.2) is 0 Å². The van der Waals surface area contributed by atoms with Crippen LogP contribution < -0.4 is 5.32 Å². The van der Waals surface area contributed by atoms with Gasteiger partial charge in [0, 0.05) is 30.8 Å². The summed E-state index contributed by atoms with van der Waals surface area (Å²) in [6.07, 6.45) is 9.11. The first kappa shape index (κ1) is 16.0. The molecule has 2 heterocycles. The molecule has 1 aromatic rings. The third kappa shape index (κ3) is 3.74. The third-order valence-corrected chi connectivity index (χ3v) is 4.74. The number of aromatic nitrogens is 2. The second-order valence-electron chi connectivity index (χ2n) is 6.52. The number of hydrogen-bond acceptors (Lipinski definition) is 4. The van der Waals surface area contributed by atoms with Crippen LogP contribution in [0.1, 0.15) is 63.1 Å². The van der Waals surface area contributed by atoms with Crippen molar-refractivity contribution >= 4 is 11.6 Å². The quantitative estimate of drug-likeness (QED) is 0.867. The van der Waals surface area contributed by atoms with Crippen molar-refractivity contribution < 1.29 is 9.63 Å². The molecule has 1 aliphatic heterocycles. The number of rotatable bonds is 4. The van der Waals surface area contributed by atoms with Crippen LogP contribution in [0.2, 0.25) is 0 Å². The number of carbonyl (C=O) groups excluding carboxylic acids is 1. The lowest BCUT2D eigenvalue weighted by Gasteiger charge is -2.18. The molecule has 1 amide bonds. The van der Waals surface area contributed by atoms with E-state index in [0.717, 1.165) is 36.4 Å². The van der Waals surface area contributed by atoms with Crippen LogP contribution in [0.25, 0.3) is 0 Å². The van der Waals surface area contributed by atoms with E-state index in [-0.39, 0.29) is 5.91 Å². The van der Waals surface area contributed by atoms with Crippen LogP contribution in [-0.4, -0.2) is 33.5 Å². The van der Waals surface area contributed by atoms with E-state index in [2.05, 4.69) is 15.6 Å². The first-order valence-corrected chi connectivity index (χ1v) is 8.75. The van der Waals surface area contributed by atoms with E-state index in [1.807, 2.05) is 24.7 Å². The topological polar surface area (TPSA) is 68.5 Å². The molecule has 1 aromatic heterocycles. The van der Waals surface area contributed by atoms with E-state index in [9.17, 15) is 4.79 Å². The molecule has 6 heteroatoms. The van der Waals surface area contributed by atoms with Crippen molar-refractivity contribution in [3.05, 3.63) is 17.5 Å². The van der Waals surface area contributed by atoms with Gasteiger partial charge in [-0.1, -0.05) is 30.8 Å². The van der Waals surface area contributed by atoms with Crippen molar-refractivity contribution in [2.75, 3.05) is 0 Å². The summed E-state index contributed by atoms with van der Waals surface area (Å²) < 4.78 is 1.88. The van der Waals surface area contributed by atoms with Crippen molar-refractivity contribution in [3.8, 4) is 0 Å². The Morgan fingerprint density at radius 3 is 2.74 bits per heavy atom. The molecule has 1 aliphatic carbocycles. The zero-order valence-corrected chi connectivity index (χ0v) is 14.0. The van der Waals surface area contributed by atoms with Gasteiger partial charge >= 0.3 is 0 Å². The van der Waals surface area contributed by atoms with Crippen LogP contribution in [0.3, 0.4) is 0 Å². The van der Waals surface area contributed by atoms with Gasteiger partial charge in [0.15, 0.2) is 0 Å². The first-order valence-electron chi connectivity index (χ1n) is 8.75. The van der Waals surface area contributed by atoms with E-state index < -0.39 is 6.10 Å². The normalized spacial score (nSPS) is 22.3. The van der Waals surface area contributed by atoms with E-state index in [1.165, 1.54) is 25.7 Å². The summed E-state index contributed by atoms with van der Waals surface area (Å²) in [5, 5.41) is 11.7. The molecule has 3 rings (SSSR count). The van der Waals surface area contributed by atoms with Crippen LogP contribution in [0.5, 0.6) is 0 Å². The Hall–Kier alpha value is -1.85. The zero-order chi connectivity index (χ0) is 16.2. The summed E-state index contributed by atoms with van der Waals surface area (Å²) in [5.41, 5.74) is 2.74. The minimum absolute atomic E-state index is 0.0313. The molecule has 1 fully saturated rings. The highest BCUT2D eigenvalue weighted by molar-refractivity contribution is 6.04. The third-order valence-electron chi connectivity index (χ3n) is 4.74. The van der Waals surface area contributed by atoms with E-state index in [4.69, 9.17) is 4.84 Å². The summed E-state index contributed by atoms with van der Waals surface area (Å²) in [7, 11) is 0. The van der Waals surface area contributed by atoms with Crippen molar-refractivity contribution in [2.45, 2.75) is 77.5 Å². The van der Waals surface area contributed by atoms with Gasteiger partial charge in [-0.15, -0.1) is 0 Å². The van der Waals surface area contributed by atoms with Gasteiger partial charge in [-0.05, 0) is 26.7 Å². The predicted molar refractivity (Wildman–Crippen MR) is 88.3 cm³/mol. The SMILES string of the molecule is CCn1cc(C2=NOC(C(=O)NC3CCCCCC3)C2)c(C)n1. The molecular weight excluding hydrogens is 292 g/mol. The van der Waals surface area contributed by atoms with Gasteiger partial charge in [0.05, 0.1) is 11.4 Å². The van der Waals surface area contributed by atoms with Gasteiger partial charge in [0.25, 0.3) is 5.91 Å². The number of carbonyl (C=O) groups is 1. The fourth-order valence-corrected chi connectivity index (χ4v) is 3.36. The lowest BCUT2D eigenvalue weighted by Crippen LogP contribution is -2.41. The maximum Gasteiger partial charge on any atom is 0.264 e. The number of amides is 1. The Balaban J connectivity index is 1.57. The second-order valence-corrected chi connectivity index (χ2v) is 6.52. The lowest BCUT2D eigenvalue weighted by molar-refractivity contribution is -0.132. The van der Waals surface area contributed by atoms with Crippen LogP contribution in [0.15, 0.2) is 11.4 Å². The molecule has 0 aromatic carbocycles. The molecule has 2 aliphatic rings. The first-order chi connectivity index (χ1) is 11.2. The molecule has 126 valence electrons. The van der Waals surface area contributed by atoms with Gasteiger partial charge in [0.1, 0.15) is 0 Å². The highest BCUT2D eigenvalue weighted by Crippen LogP contribution is 2.21.